The molecule has 6 nitrogen and oxygen atoms in total. The van der Waals surface area contributed by atoms with Crippen LogP contribution >= 0.6 is 15.9 Å². The normalized spacial score (nSPS) is 16.9. The third-order valence-corrected chi connectivity index (χ3v) is 5.45. The van der Waals surface area contributed by atoms with Crippen LogP contribution in [0.15, 0.2) is 51.9 Å². The number of hydrogen-bond acceptors (Lipinski definition) is 4. The maximum Gasteiger partial charge on any atom is 0.191 e. The Morgan fingerprint density at radius 2 is 2.07 bits per heavy atom. The highest BCUT2D eigenvalue weighted by molar-refractivity contribution is 9.10. The predicted molar refractivity (Wildman–Crippen MR) is 118 cm³/mol. The highest BCUT2D eigenvalue weighted by Gasteiger charge is 2.23. The summed E-state index contributed by atoms with van der Waals surface area (Å²) in [5.74, 6) is 1.70. The van der Waals surface area contributed by atoms with E-state index in [4.69, 9.17) is 4.74 Å². The Balaban J connectivity index is 1.46. The lowest BCUT2D eigenvalue weighted by atomic mass is 10.1. The minimum absolute atomic E-state index is 0.255. The molecule has 0 bridgehead atoms. The Morgan fingerprint density at radius 3 is 2.75 bits per heavy atom. The van der Waals surface area contributed by atoms with Crippen molar-refractivity contribution in [3.05, 3.63) is 52.5 Å². The molecular formula is C21H27BrN4O2. The van der Waals surface area contributed by atoms with Crippen molar-refractivity contribution in [1.82, 2.24) is 10.6 Å². The van der Waals surface area contributed by atoms with Crippen LogP contribution in [0.1, 0.15) is 12.0 Å². The molecule has 0 radical (unpaired) electrons. The topological polar surface area (TPSA) is 69.1 Å². The van der Waals surface area contributed by atoms with Crippen molar-refractivity contribution in [2.45, 2.75) is 18.9 Å². The maximum absolute atomic E-state index is 10.1. The summed E-state index contributed by atoms with van der Waals surface area (Å²) in [6, 6.07) is 14.2. The average molecular weight is 447 g/mol. The Kier molecular flexibility index (Phi) is 7.03. The number of halogens is 1. The third-order valence-electron chi connectivity index (χ3n) is 4.92. The molecule has 3 N–H and O–H groups in total. The van der Waals surface area contributed by atoms with Crippen LogP contribution in [-0.2, 0) is 6.42 Å². The zero-order chi connectivity index (χ0) is 19.9. The number of aliphatic imine (C=N–C) groups is 1. The zero-order valence-corrected chi connectivity index (χ0v) is 17.9. The van der Waals surface area contributed by atoms with Gasteiger partial charge in [0.05, 0.1) is 7.11 Å². The van der Waals surface area contributed by atoms with Gasteiger partial charge in [-0.3, -0.25) is 4.99 Å². The van der Waals surface area contributed by atoms with E-state index in [0.29, 0.717) is 24.8 Å². The molecule has 0 amide bonds. The first kappa shape index (κ1) is 20.3. The van der Waals surface area contributed by atoms with Gasteiger partial charge in [-0.05, 0) is 48.7 Å². The maximum atomic E-state index is 10.1. The minimum Gasteiger partial charge on any atom is -0.508 e. The predicted octanol–water partition coefficient (Wildman–Crippen LogP) is 3.15. The zero-order valence-electron chi connectivity index (χ0n) is 16.3. The van der Waals surface area contributed by atoms with E-state index >= 15 is 0 Å². The van der Waals surface area contributed by atoms with Crippen molar-refractivity contribution in [3.63, 3.8) is 0 Å². The molecule has 0 aliphatic carbocycles. The lowest BCUT2D eigenvalue weighted by Gasteiger charge is -2.20. The van der Waals surface area contributed by atoms with Crippen molar-refractivity contribution in [2.24, 2.45) is 4.99 Å². The van der Waals surface area contributed by atoms with Gasteiger partial charge >= 0.3 is 0 Å². The van der Waals surface area contributed by atoms with Crippen LogP contribution in [0.3, 0.4) is 0 Å². The van der Waals surface area contributed by atoms with Crippen LogP contribution in [0.25, 0.3) is 0 Å². The van der Waals surface area contributed by atoms with Crippen LogP contribution in [0, 0.1) is 0 Å². The summed E-state index contributed by atoms with van der Waals surface area (Å²) >= 11 is 3.48. The molecule has 28 heavy (non-hydrogen) atoms. The number of guanidine groups is 1. The van der Waals surface area contributed by atoms with Gasteiger partial charge in [0, 0.05) is 49.0 Å². The first-order valence-corrected chi connectivity index (χ1v) is 10.2. The van der Waals surface area contributed by atoms with Gasteiger partial charge in [-0.2, -0.15) is 0 Å². The Morgan fingerprint density at radius 1 is 1.29 bits per heavy atom. The fraction of sp³-hybridized carbons (Fsp3) is 0.381. The molecular weight excluding hydrogens is 420 g/mol. The molecule has 7 heteroatoms. The second-order valence-corrected chi connectivity index (χ2v) is 7.71. The number of rotatable bonds is 6. The molecule has 0 spiro atoms. The van der Waals surface area contributed by atoms with Crippen molar-refractivity contribution >= 4 is 27.6 Å². The van der Waals surface area contributed by atoms with Crippen molar-refractivity contribution < 1.29 is 9.84 Å². The number of nitrogens with one attached hydrogen (secondary N) is 2. The summed E-state index contributed by atoms with van der Waals surface area (Å²) in [6.45, 7) is 2.65. The second-order valence-electron chi connectivity index (χ2n) is 6.80. The molecule has 1 fully saturated rings. The van der Waals surface area contributed by atoms with E-state index in [2.05, 4.69) is 60.7 Å². The molecule has 1 aliphatic heterocycles. The molecule has 2 aromatic rings. The van der Waals surface area contributed by atoms with Crippen LogP contribution in [0.5, 0.6) is 11.5 Å². The Hall–Kier alpha value is -2.41. The van der Waals surface area contributed by atoms with Gasteiger partial charge in [-0.25, -0.2) is 0 Å². The molecule has 1 heterocycles. The van der Waals surface area contributed by atoms with Gasteiger partial charge in [0.15, 0.2) is 5.96 Å². The molecule has 0 aromatic heterocycles. The summed E-state index contributed by atoms with van der Waals surface area (Å²) in [6.07, 6.45) is 1.77. The smallest absolute Gasteiger partial charge is 0.191 e. The fourth-order valence-corrected chi connectivity index (χ4v) is 3.61. The summed E-state index contributed by atoms with van der Waals surface area (Å²) < 4.78 is 6.21. The number of ether oxygens (including phenoxy) is 1. The molecule has 1 unspecified atom stereocenters. The highest BCUT2D eigenvalue weighted by Crippen LogP contribution is 2.24. The molecule has 1 aliphatic rings. The average Bonchev–Trinajstić information content (AvgIpc) is 3.17. The van der Waals surface area contributed by atoms with E-state index in [1.54, 1.807) is 20.2 Å². The molecule has 3 rings (SSSR count). The molecule has 150 valence electrons. The van der Waals surface area contributed by atoms with Crippen molar-refractivity contribution in [2.75, 3.05) is 38.7 Å². The lowest BCUT2D eigenvalue weighted by Crippen LogP contribution is -2.45. The quantitative estimate of drug-likeness (QED) is 0.469. The largest absolute Gasteiger partial charge is 0.508 e. The second kappa shape index (κ2) is 9.68. The van der Waals surface area contributed by atoms with E-state index in [9.17, 15) is 5.11 Å². The number of nitrogens with zero attached hydrogens (tertiary/aromatic N) is 2. The Bertz CT molecular complexity index is 811. The van der Waals surface area contributed by atoms with Gasteiger partial charge in [-0.15, -0.1) is 0 Å². The molecule has 1 atom stereocenters. The van der Waals surface area contributed by atoms with E-state index in [1.807, 2.05) is 12.1 Å². The van der Waals surface area contributed by atoms with E-state index in [-0.39, 0.29) is 5.75 Å². The van der Waals surface area contributed by atoms with Crippen LogP contribution in [0.2, 0.25) is 0 Å². The van der Waals surface area contributed by atoms with Crippen molar-refractivity contribution in [3.8, 4) is 11.5 Å². The summed E-state index contributed by atoms with van der Waals surface area (Å²) in [4.78, 5) is 6.71. The van der Waals surface area contributed by atoms with Gasteiger partial charge in [0.25, 0.3) is 0 Å². The number of phenolic OH excluding ortho intramolecular Hbond substituents is 1. The van der Waals surface area contributed by atoms with E-state index in [0.717, 1.165) is 35.5 Å². The Labute approximate surface area is 174 Å². The lowest BCUT2D eigenvalue weighted by molar-refractivity contribution is 0.406. The number of hydrogen-bond donors (Lipinski definition) is 3. The number of benzene rings is 2. The van der Waals surface area contributed by atoms with Gasteiger partial charge < -0.3 is 25.4 Å². The van der Waals surface area contributed by atoms with E-state index < -0.39 is 0 Å². The van der Waals surface area contributed by atoms with Crippen LogP contribution in [-0.4, -0.2) is 50.9 Å². The summed E-state index contributed by atoms with van der Waals surface area (Å²) in [5.41, 5.74) is 2.12. The minimum atomic E-state index is 0.255. The van der Waals surface area contributed by atoms with Crippen molar-refractivity contribution in [1.29, 1.82) is 0 Å². The molecule has 1 saturated heterocycles. The van der Waals surface area contributed by atoms with Gasteiger partial charge in [-0.1, -0.05) is 22.0 Å². The van der Waals surface area contributed by atoms with E-state index in [1.165, 1.54) is 5.69 Å². The first-order valence-electron chi connectivity index (χ1n) is 9.42. The van der Waals surface area contributed by atoms with Gasteiger partial charge in [0.2, 0.25) is 0 Å². The number of phenols is 1. The third kappa shape index (κ3) is 5.32. The SMILES string of the molecule is CN=C(NCCc1ccc(OC)cc1O)NC1CCN(c2ccc(Br)cc2)C1. The molecule has 0 saturated carbocycles. The summed E-state index contributed by atoms with van der Waals surface area (Å²) in [5, 5.41) is 16.9. The monoisotopic (exact) mass is 446 g/mol. The van der Waals surface area contributed by atoms with Crippen LogP contribution < -0.4 is 20.3 Å². The standard InChI is InChI=1S/C21H27BrN4O2/c1-23-21(24-11-9-15-3-8-19(28-2)13-20(15)27)25-17-10-12-26(14-17)18-6-4-16(22)5-7-18/h3-8,13,17,27H,9-12,14H2,1-2H3,(H2,23,24,25). The molecule has 2 aromatic carbocycles. The van der Waals surface area contributed by atoms with Crippen LogP contribution in [0.4, 0.5) is 5.69 Å². The number of anilines is 1. The first-order chi connectivity index (χ1) is 13.6. The van der Waals surface area contributed by atoms with Gasteiger partial charge in [0.1, 0.15) is 11.5 Å². The summed E-state index contributed by atoms with van der Waals surface area (Å²) in [7, 11) is 3.37. The highest BCUT2D eigenvalue weighted by atomic mass is 79.9. The number of methoxy groups -OCH3 is 1. The fourth-order valence-electron chi connectivity index (χ4n) is 3.35. The number of aromatic hydroxyl groups is 1.